The normalized spacial score (nSPS) is 12.3. The lowest BCUT2D eigenvalue weighted by Gasteiger charge is -2.21. The largest absolute Gasteiger partial charge is 0.396 e. The molecule has 1 rings (SSSR count). The van der Waals surface area contributed by atoms with Gasteiger partial charge in [-0.15, -0.1) is 0 Å². The van der Waals surface area contributed by atoms with Gasteiger partial charge in [0, 0.05) is 18.3 Å². The van der Waals surface area contributed by atoms with E-state index in [2.05, 4.69) is 10.6 Å². The lowest BCUT2D eigenvalue weighted by atomic mass is 10.0. The van der Waals surface area contributed by atoms with Crippen molar-refractivity contribution >= 4 is 11.7 Å². The second kappa shape index (κ2) is 7.01. The van der Waals surface area contributed by atoms with Crippen molar-refractivity contribution in [3.05, 3.63) is 29.8 Å². The zero-order chi connectivity index (χ0) is 13.5. The van der Waals surface area contributed by atoms with Crippen molar-refractivity contribution in [2.45, 2.75) is 33.2 Å². The van der Waals surface area contributed by atoms with Crippen LogP contribution in [-0.2, 0) is 0 Å². The summed E-state index contributed by atoms with van der Waals surface area (Å²) in [6.45, 7) is 6.10. The number of nitrogens with one attached hydrogen (secondary N) is 2. The maximum atomic E-state index is 11.8. The third-order valence-corrected chi connectivity index (χ3v) is 2.84. The molecule has 2 amide bonds. The molecule has 0 bridgehead atoms. The van der Waals surface area contributed by atoms with Crippen LogP contribution in [0.3, 0.4) is 0 Å². The van der Waals surface area contributed by atoms with Gasteiger partial charge in [-0.2, -0.15) is 0 Å². The van der Waals surface area contributed by atoms with Crippen molar-refractivity contribution in [2.75, 3.05) is 11.9 Å². The van der Waals surface area contributed by atoms with Gasteiger partial charge in [-0.05, 0) is 37.0 Å². The second-order valence-corrected chi connectivity index (χ2v) is 4.83. The molecule has 0 aromatic heterocycles. The minimum Gasteiger partial charge on any atom is -0.396 e. The molecule has 0 saturated heterocycles. The van der Waals surface area contributed by atoms with Crippen LogP contribution in [-0.4, -0.2) is 23.8 Å². The fourth-order valence-corrected chi connectivity index (χ4v) is 1.77. The van der Waals surface area contributed by atoms with Crippen LogP contribution in [0.15, 0.2) is 24.3 Å². The maximum absolute atomic E-state index is 11.8. The second-order valence-electron chi connectivity index (χ2n) is 4.83. The van der Waals surface area contributed by atoms with Crippen LogP contribution in [0.1, 0.15) is 25.8 Å². The van der Waals surface area contributed by atoms with E-state index in [0.717, 1.165) is 11.3 Å². The van der Waals surface area contributed by atoms with E-state index in [-0.39, 0.29) is 18.7 Å². The van der Waals surface area contributed by atoms with Crippen LogP contribution in [0, 0.1) is 12.8 Å². The first-order chi connectivity index (χ1) is 8.52. The molecule has 1 aromatic carbocycles. The molecule has 0 aliphatic rings. The summed E-state index contributed by atoms with van der Waals surface area (Å²) in [4.78, 5) is 11.8. The number of hydrogen-bond donors (Lipinski definition) is 3. The van der Waals surface area contributed by atoms with Gasteiger partial charge < -0.3 is 15.7 Å². The number of anilines is 1. The average Bonchev–Trinajstić information content (AvgIpc) is 2.28. The highest BCUT2D eigenvalue weighted by molar-refractivity contribution is 5.89. The summed E-state index contributed by atoms with van der Waals surface area (Å²) in [6, 6.07) is 7.40. The number of aryl methyl sites for hydroxylation is 1. The predicted octanol–water partition coefficient (Wildman–Crippen LogP) is 2.52. The smallest absolute Gasteiger partial charge is 0.319 e. The van der Waals surface area contributed by atoms with Crippen molar-refractivity contribution in [1.82, 2.24) is 5.32 Å². The molecule has 18 heavy (non-hydrogen) atoms. The molecule has 0 aliphatic heterocycles. The number of benzene rings is 1. The summed E-state index contributed by atoms with van der Waals surface area (Å²) in [6.07, 6.45) is 0.568. The first-order valence-electron chi connectivity index (χ1n) is 6.28. The number of aliphatic hydroxyl groups excluding tert-OH is 1. The molecule has 0 aliphatic carbocycles. The van der Waals surface area contributed by atoms with Gasteiger partial charge in [-0.1, -0.05) is 26.0 Å². The Balaban J connectivity index is 2.55. The lowest BCUT2D eigenvalue weighted by Crippen LogP contribution is -2.41. The molecule has 1 atom stereocenters. The quantitative estimate of drug-likeness (QED) is 0.752. The highest BCUT2D eigenvalue weighted by Crippen LogP contribution is 2.10. The zero-order valence-electron chi connectivity index (χ0n) is 11.2. The Morgan fingerprint density at radius 3 is 2.67 bits per heavy atom. The van der Waals surface area contributed by atoms with Gasteiger partial charge >= 0.3 is 6.03 Å². The topological polar surface area (TPSA) is 61.4 Å². The molecule has 1 unspecified atom stereocenters. The first-order valence-corrected chi connectivity index (χ1v) is 6.28. The van der Waals surface area contributed by atoms with Gasteiger partial charge in [0.05, 0.1) is 0 Å². The van der Waals surface area contributed by atoms with E-state index in [9.17, 15) is 4.79 Å². The Hall–Kier alpha value is -1.55. The van der Waals surface area contributed by atoms with E-state index in [1.807, 2.05) is 45.0 Å². The van der Waals surface area contributed by atoms with E-state index in [0.29, 0.717) is 12.3 Å². The van der Waals surface area contributed by atoms with Crippen LogP contribution in [0.25, 0.3) is 0 Å². The van der Waals surface area contributed by atoms with Gasteiger partial charge in [0.15, 0.2) is 0 Å². The summed E-state index contributed by atoms with van der Waals surface area (Å²) < 4.78 is 0. The third-order valence-electron chi connectivity index (χ3n) is 2.84. The monoisotopic (exact) mass is 250 g/mol. The number of carbonyl (C=O) groups excluding carboxylic acids is 1. The third kappa shape index (κ3) is 4.75. The maximum Gasteiger partial charge on any atom is 0.319 e. The molecule has 4 nitrogen and oxygen atoms in total. The van der Waals surface area contributed by atoms with Crippen LogP contribution in [0.5, 0.6) is 0 Å². The molecule has 0 saturated carbocycles. The number of rotatable bonds is 5. The Morgan fingerprint density at radius 2 is 2.11 bits per heavy atom. The van der Waals surface area contributed by atoms with E-state index < -0.39 is 0 Å². The molecule has 1 aromatic rings. The molecule has 0 heterocycles. The summed E-state index contributed by atoms with van der Waals surface area (Å²) in [5, 5.41) is 14.6. The molecule has 0 spiro atoms. The number of urea groups is 1. The number of hydrogen-bond acceptors (Lipinski definition) is 2. The van der Waals surface area contributed by atoms with Gasteiger partial charge in [0.2, 0.25) is 0 Å². The van der Waals surface area contributed by atoms with E-state index in [1.165, 1.54) is 0 Å². The standard InChI is InChI=1S/C14H22N2O2/c1-10(2)13(7-8-17)16-14(18)15-12-6-4-5-11(3)9-12/h4-6,9-10,13,17H,7-8H2,1-3H3,(H2,15,16,18). The fraction of sp³-hybridized carbons (Fsp3) is 0.500. The first kappa shape index (κ1) is 14.5. The van der Waals surface area contributed by atoms with Crippen molar-refractivity contribution in [3.8, 4) is 0 Å². The summed E-state index contributed by atoms with van der Waals surface area (Å²) in [7, 11) is 0. The molecule has 3 N–H and O–H groups in total. The van der Waals surface area contributed by atoms with Crippen LogP contribution < -0.4 is 10.6 Å². The Bertz CT molecular complexity index is 391. The molecular weight excluding hydrogens is 228 g/mol. The van der Waals surface area contributed by atoms with E-state index in [1.54, 1.807) is 0 Å². The van der Waals surface area contributed by atoms with Crippen LogP contribution in [0.4, 0.5) is 10.5 Å². The van der Waals surface area contributed by atoms with Crippen molar-refractivity contribution in [3.63, 3.8) is 0 Å². The van der Waals surface area contributed by atoms with E-state index >= 15 is 0 Å². The van der Waals surface area contributed by atoms with Gasteiger partial charge in [-0.3, -0.25) is 0 Å². The highest BCUT2D eigenvalue weighted by Gasteiger charge is 2.15. The fourth-order valence-electron chi connectivity index (χ4n) is 1.77. The molecule has 0 radical (unpaired) electrons. The molecule has 0 fully saturated rings. The summed E-state index contributed by atoms with van der Waals surface area (Å²) >= 11 is 0. The summed E-state index contributed by atoms with van der Waals surface area (Å²) in [5.41, 5.74) is 1.88. The molecular formula is C14H22N2O2. The SMILES string of the molecule is Cc1cccc(NC(=O)NC(CCO)C(C)C)c1. The van der Waals surface area contributed by atoms with Crippen molar-refractivity contribution in [2.24, 2.45) is 5.92 Å². The van der Waals surface area contributed by atoms with Crippen LogP contribution in [0.2, 0.25) is 0 Å². The Morgan fingerprint density at radius 1 is 1.39 bits per heavy atom. The minimum atomic E-state index is -0.229. The minimum absolute atomic E-state index is 0.0141. The van der Waals surface area contributed by atoms with Gasteiger partial charge in [-0.25, -0.2) is 4.79 Å². The highest BCUT2D eigenvalue weighted by atomic mass is 16.3. The van der Waals surface area contributed by atoms with E-state index in [4.69, 9.17) is 5.11 Å². The van der Waals surface area contributed by atoms with Crippen molar-refractivity contribution < 1.29 is 9.90 Å². The van der Waals surface area contributed by atoms with Crippen molar-refractivity contribution in [1.29, 1.82) is 0 Å². The van der Waals surface area contributed by atoms with Gasteiger partial charge in [0.25, 0.3) is 0 Å². The average molecular weight is 250 g/mol. The molecule has 100 valence electrons. The summed E-state index contributed by atoms with van der Waals surface area (Å²) in [5.74, 6) is 0.292. The predicted molar refractivity (Wildman–Crippen MR) is 73.7 cm³/mol. The number of aliphatic hydroxyl groups is 1. The molecule has 4 heteroatoms. The van der Waals surface area contributed by atoms with Gasteiger partial charge in [0.1, 0.15) is 0 Å². The zero-order valence-corrected chi connectivity index (χ0v) is 11.2. The number of carbonyl (C=O) groups is 1. The Kier molecular flexibility index (Phi) is 5.65. The van der Waals surface area contributed by atoms with Crippen LogP contribution >= 0.6 is 0 Å². The number of amides is 2. The Labute approximate surface area is 108 Å². The lowest BCUT2D eigenvalue weighted by molar-refractivity contribution is 0.227.